The van der Waals surface area contributed by atoms with Crippen LogP contribution in [0.15, 0.2) is 36.4 Å². The van der Waals surface area contributed by atoms with Crippen LogP contribution in [0.3, 0.4) is 0 Å². The number of hydrogen-bond donors (Lipinski definition) is 0. The molecule has 2 aromatic carbocycles. The van der Waals surface area contributed by atoms with Crippen LogP contribution in [0.1, 0.15) is 36.5 Å². The highest BCUT2D eigenvalue weighted by Gasteiger charge is 2.21. The number of likely N-dealkylation sites (N-methyl/N-ethyl adjacent to an activating group) is 1. The first-order chi connectivity index (χ1) is 14.2. The molecule has 0 aliphatic heterocycles. The molecule has 0 aliphatic carbocycles. The summed E-state index contributed by atoms with van der Waals surface area (Å²) in [6.45, 7) is 9.77. The molecule has 6 heteroatoms. The van der Waals surface area contributed by atoms with Gasteiger partial charge in [-0.15, -0.1) is 0 Å². The van der Waals surface area contributed by atoms with Crippen molar-refractivity contribution in [2.24, 2.45) is 0 Å². The minimum absolute atomic E-state index is 0.0115. The standard InChI is InChI=1S/C24H31N3O2S/c1-16(2)19-7-9-20(10-8-19)29-15-22(28)27(12-11-26(5)6)24-25-23-18(4)13-17(3)14-21(23)30-24/h7-10,13-14,16H,11-12,15H2,1-6H3. The lowest BCUT2D eigenvalue weighted by atomic mass is 10.0. The highest BCUT2D eigenvalue weighted by molar-refractivity contribution is 7.22. The van der Waals surface area contributed by atoms with Gasteiger partial charge in [-0.05, 0) is 68.8 Å². The largest absolute Gasteiger partial charge is 0.484 e. The van der Waals surface area contributed by atoms with Crippen molar-refractivity contribution < 1.29 is 9.53 Å². The van der Waals surface area contributed by atoms with Gasteiger partial charge >= 0.3 is 0 Å². The number of carbonyl (C=O) groups excluding carboxylic acids is 1. The molecule has 3 aromatic rings. The van der Waals surface area contributed by atoms with E-state index in [4.69, 9.17) is 9.72 Å². The maximum atomic E-state index is 13.1. The summed E-state index contributed by atoms with van der Waals surface area (Å²) >= 11 is 1.56. The Hall–Kier alpha value is -2.44. The van der Waals surface area contributed by atoms with Gasteiger partial charge in [0.25, 0.3) is 5.91 Å². The van der Waals surface area contributed by atoms with Crippen LogP contribution in [0.4, 0.5) is 5.13 Å². The molecule has 1 amide bonds. The summed E-state index contributed by atoms with van der Waals surface area (Å²) in [4.78, 5) is 21.7. The van der Waals surface area contributed by atoms with E-state index in [1.807, 2.05) is 38.4 Å². The summed E-state index contributed by atoms with van der Waals surface area (Å²) in [7, 11) is 4.00. The normalized spacial score (nSPS) is 11.5. The zero-order chi connectivity index (χ0) is 21.8. The fourth-order valence-electron chi connectivity index (χ4n) is 3.27. The molecule has 0 saturated heterocycles. The highest BCUT2D eigenvalue weighted by Crippen LogP contribution is 2.32. The molecular weight excluding hydrogens is 394 g/mol. The number of benzene rings is 2. The van der Waals surface area contributed by atoms with Gasteiger partial charge in [0.2, 0.25) is 0 Å². The minimum Gasteiger partial charge on any atom is -0.484 e. The van der Waals surface area contributed by atoms with Crippen LogP contribution in [0.25, 0.3) is 10.2 Å². The average molecular weight is 426 g/mol. The molecule has 30 heavy (non-hydrogen) atoms. The number of rotatable bonds is 8. The summed E-state index contributed by atoms with van der Waals surface area (Å²) in [5.41, 5.74) is 4.55. The Balaban J connectivity index is 1.79. The number of thiazole rings is 1. The molecule has 0 unspecified atom stereocenters. The van der Waals surface area contributed by atoms with Gasteiger partial charge in [-0.1, -0.05) is 43.4 Å². The Morgan fingerprint density at radius 3 is 2.43 bits per heavy atom. The van der Waals surface area contributed by atoms with Gasteiger partial charge in [-0.3, -0.25) is 9.69 Å². The first-order valence-electron chi connectivity index (χ1n) is 10.3. The third-order valence-corrected chi connectivity index (χ3v) is 6.06. The second-order valence-corrected chi connectivity index (χ2v) is 9.30. The summed E-state index contributed by atoms with van der Waals surface area (Å²) in [5.74, 6) is 1.09. The third kappa shape index (κ3) is 5.37. The van der Waals surface area contributed by atoms with E-state index in [1.165, 1.54) is 11.1 Å². The molecule has 0 spiro atoms. The summed E-state index contributed by atoms with van der Waals surface area (Å²) in [6.07, 6.45) is 0. The monoisotopic (exact) mass is 425 g/mol. The van der Waals surface area contributed by atoms with Crippen LogP contribution in [0, 0.1) is 13.8 Å². The van der Waals surface area contributed by atoms with E-state index in [9.17, 15) is 4.79 Å². The van der Waals surface area contributed by atoms with Crippen LogP contribution >= 0.6 is 11.3 Å². The number of fused-ring (bicyclic) bond motifs is 1. The van der Waals surface area contributed by atoms with Crippen molar-refractivity contribution in [3.05, 3.63) is 53.1 Å². The maximum absolute atomic E-state index is 13.1. The third-order valence-electron chi connectivity index (χ3n) is 5.03. The lowest BCUT2D eigenvalue weighted by Crippen LogP contribution is -2.39. The van der Waals surface area contributed by atoms with E-state index in [0.29, 0.717) is 18.2 Å². The molecular formula is C24H31N3O2S. The van der Waals surface area contributed by atoms with E-state index >= 15 is 0 Å². The van der Waals surface area contributed by atoms with Gasteiger partial charge in [-0.2, -0.15) is 0 Å². The van der Waals surface area contributed by atoms with Crippen LogP contribution in [0.2, 0.25) is 0 Å². The van der Waals surface area contributed by atoms with Gasteiger partial charge in [0.15, 0.2) is 11.7 Å². The van der Waals surface area contributed by atoms with Crippen LogP contribution in [-0.2, 0) is 4.79 Å². The maximum Gasteiger partial charge on any atom is 0.266 e. The molecule has 5 nitrogen and oxygen atoms in total. The van der Waals surface area contributed by atoms with Crippen molar-refractivity contribution in [2.45, 2.75) is 33.6 Å². The van der Waals surface area contributed by atoms with Crippen molar-refractivity contribution in [2.75, 3.05) is 38.7 Å². The molecule has 0 saturated carbocycles. The Labute approximate surface area is 183 Å². The number of amides is 1. The van der Waals surface area contributed by atoms with Gasteiger partial charge < -0.3 is 9.64 Å². The Bertz CT molecular complexity index is 1010. The SMILES string of the molecule is Cc1cc(C)c2nc(N(CCN(C)C)C(=O)COc3ccc(C(C)C)cc3)sc2c1. The summed E-state index contributed by atoms with van der Waals surface area (Å²) in [5, 5.41) is 0.726. The summed E-state index contributed by atoms with van der Waals surface area (Å²) in [6, 6.07) is 12.2. The number of ether oxygens (including phenoxy) is 1. The number of hydrogen-bond acceptors (Lipinski definition) is 5. The Morgan fingerprint density at radius 2 is 1.80 bits per heavy atom. The van der Waals surface area contributed by atoms with E-state index in [1.54, 1.807) is 16.2 Å². The number of anilines is 1. The number of carbonyl (C=O) groups is 1. The lowest BCUT2D eigenvalue weighted by molar-refractivity contribution is -0.120. The first-order valence-corrected chi connectivity index (χ1v) is 11.1. The Morgan fingerprint density at radius 1 is 1.10 bits per heavy atom. The Kier molecular flexibility index (Phi) is 7.10. The molecule has 3 rings (SSSR count). The van der Waals surface area contributed by atoms with Crippen molar-refractivity contribution >= 4 is 32.6 Å². The second-order valence-electron chi connectivity index (χ2n) is 8.29. The predicted octanol–water partition coefficient (Wildman–Crippen LogP) is 5.01. The fourth-order valence-corrected chi connectivity index (χ4v) is 4.46. The number of aromatic nitrogens is 1. The van der Waals surface area contributed by atoms with Crippen LogP contribution < -0.4 is 9.64 Å². The predicted molar refractivity (Wildman–Crippen MR) is 126 cm³/mol. The lowest BCUT2D eigenvalue weighted by Gasteiger charge is -2.22. The molecule has 1 aromatic heterocycles. The van der Waals surface area contributed by atoms with E-state index in [-0.39, 0.29) is 12.5 Å². The molecule has 0 N–H and O–H groups in total. The molecule has 0 aliphatic rings. The van der Waals surface area contributed by atoms with E-state index in [2.05, 4.69) is 44.7 Å². The highest BCUT2D eigenvalue weighted by atomic mass is 32.1. The van der Waals surface area contributed by atoms with E-state index in [0.717, 1.165) is 27.5 Å². The van der Waals surface area contributed by atoms with Gasteiger partial charge in [0.05, 0.1) is 10.2 Å². The molecule has 0 bridgehead atoms. The van der Waals surface area contributed by atoms with Crippen LogP contribution in [0.5, 0.6) is 5.75 Å². The zero-order valence-corrected chi connectivity index (χ0v) is 19.5. The number of aryl methyl sites for hydroxylation is 2. The van der Waals surface area contributed by atoms with Gasteiger partial charge in [-0.25, -0.2) is 4.98 Å². The van der Waals surface area contributed by atoms with Gasteiger partial charge in [0, 0.05) is 13.1 Å². The number of nitrogens with zero attached hydrogens (tertiary/aromatic N) is 3. The topological polar surface area (TPSA) is 45.7 Å². The molecule has 0 atom stereocenters. The molecule has 0 radical (unpaired) electrons. The first kappa shape index (κ1) is 22.2. The van der Waals surface area contributed by atoms with Crippen molar-refractivity contribution in [1.29, 1.82) is 0 Å². The smallest absolute Gasteiger partial charge is 0.266 e. The molecule has 0 fully saturated rings. The molecule has 160 valence electrons. The van der Waals surface area contributed by atoms with Crippen molar-refractivity contribution in [3.8, 4) is 5.75 Å². The fraction of sp³-hybridized carbons (Fsp3) is 0.417. The quantitative estimate of drug-likeness (QED) is 0.509. The second kappa shape index (κ2) is 9.58. The van der Waals surface area contributed by atoms with Crippen molar-refractivity contribution in [3.63, 3.8) is 0 Å². The molecule has 1 heterocycles. The van der Waals surface area contributed by atoms with Crippen molar-refractivity contribution in [1.82, 2.24) is 9.88 Å². The van der Waals surface area contributed by atoms with Crippen LogP contribution in [-0.4, -0.2) is 49.6 Å². The van der Waals surface area contributed by atoms with Gasteiger partial charge in [0.1, 0.15) is 5.75 Å². The van der Waals surface area contributed by atoms with E-state index < -0.39 is 0 Å². The minimum atomic E-state index is -0.0850. The zero-order valence-electron chi connectivity index (χ0n) is 18.7. The summed E-state index contributed by atoms with van der Waals surface area (Å²) < 4.78 is 6.91. The average Bonchev–Trinajstić information content (AvgIpc) is 3.10.